The van der Waals surface area contributed by atoms with Crippen molar-refractivity contribution in [2.45, 2.75) is 31.2 Å². The molecule has 0 saturated heterocycles. The fraction of sp³-hybridized carbons (Fsp3) is 0.235. The van der Waals surface area contributed by atoms with Gasteiger partial charge in [0.05, 0.1) is 10.6 Å². The Morgan fingerprint density at radius 3 is 2.27 bits per heavy atom. The van der Waals surface area contributed by atoms with Gasteiger partial charge in [0, 0.05) is 6.07 Å². The summed E-state index contributed by atoms with van der Waals surface area (Å²) in [6, 6.07) is 10.3. The molecule has 1 atom stereocenters. The molecule has 0 radical (unpaired) electrons. The minimum absolute atomic E-state index is 0.196. The fourth-order valence-electron chi connectivity index (χ4n) is 2.47. The smallest absolute Gasteiger partial charge is 0.279 e. The van der Waals surface area contributed by atoms with E-state index in [1.54, 1.807) is 24.3 Å². The standard InChI is InChI=1S/C17H17ClN2O5S/c1-3-13-8-10-14(11-9-13)19(12(2)17(18)21)26(24,25)16-7-5-4-6-15(16)20(22)23/h4-12H,3H2,1-2H3. The number of sulfonamides is 1. The zero-order chi connectivity index (χ0) is 19.5. The lowest BCUT2D eigenvalue weighted by molar-refractivity contribution is -0.387. The van der Waals surface area contributed by atoms with E-state index < -0.39 is 36.8 Å². The van der Waals surface area contributed by atoms with Gasteiger partial charge in [-0.15, -0.1) is 0 Å². The third kappa shape index (κ3) is 3.86. The van der Waals surface area contributed by atoms with Crippen molar-refractivity contribution in [3.8, 4) is 0 Å². The van der Waals surface area contributed by atoms with Crippen LogP contribution in [0.1, 0.15) is 19.4 Å². The molecular formula is C17H17ClN2O5S. The molecule has 138 valence electrons. The zero-order valence-electron chi connectivity index (χ0n) is 14.1. The molecule has 7 nitrogen and oxygen atoms in total. The molecule has 26 heavy (non-hydrogen) atoms. The van der Waals surface area contributed by atoms with Crippen LogP contribution in [-0.4, -0.2) is 24.6 Å². The van der Waals surface area contributed by atoms with Crippen LogP contribution >= 0.6 is 11.6 Å². The molecule has 0 aliphatic rings. The van der Waals surface area contributed by atoms with E-state index >= 15 is 0 Å². The molecule has 0 N–H and O–H groups in total. The summed E-state index contributed by atoms with van der Waals surface area (Å²) >= 11 is 5.55. The predicted octanol–water partition coefficient (Wildman–Crippen LogP) is 3.51. The number of rotatable bonds is 7. The van der Waals surface area contributed by atoms with Crippen LogP contribution in [0.3, 0.4) is 0 Å². The van der Waals surface area contributed by atoms with Crippen molar-refractivity contribution >= 4 is 38.2 Å². The van der Waals surface area contributed by atoms with Crippen molar-refractivity contribution in [2.75, 3.05) is 4.31 Å². The van der Waals surface area contributed by atoms with Gasteiger partial charge in [0.25, 0.3) is 15.7 Å². The topological polar surface area (TPSA) is 97.6 Å². The minimum Gasteiger partial charge on any atom is -0.279 e. The van der Waals surface area contributed by atoms with Gasteiger partial charge in [-0.25, -0.2) is 8.42 Å². The molecule has 0 aromatic heterocycles. The molecule has 1 unspecified atom stereocenters. The second kappa shape index (κ2) is 7.84. The van der Waals surface area contributed by atoms with Crippen molar-refractivity contribution in [3.63, 3.8) is 0 Å². The molecule has 0 fully saturated rings. The summed E-state index contributed by atoms with van der Waals surface area (Å²) in [5, 5.41) is 10.3. The largest absolute Gasteiger partial charge is 0.289 e. The first-order valence-corrected chi connectivity index (χ1v) is 9.58. The molecule has 2 aromatic carbocycles. The highest BCUT2D eigenvalue weighted by Crippen LogP contribution is 2.32. The molecule has 0 aliphatic carbocycles. The molecule has 2 rings (SSSR count). The maximum atomic E-state index is 13.2. The molecule has 0 spiro atoms. The van der Waals surface area contributed by atoms with Crippen LogP contribution in [0.25, 0.3) is 0 Å². The van der Waals surface area contributed by atoms with Crippen LogP contribution in [0.15, 0.2) is 53.4 Å². The van der Waals surface area contributed by atoms with E-state index in [4.69, 9.17) is 11.6 Å². The van der Waals surface area contributed by atoms with E-state index in [0.29, 0.717) is 0 Å². The van der Waals surface area contributed by atoms with Crippen LogP contribution in [0.4, 0.5) is 11.4 Å². The summed E-state index contributed by atoms with van der Waals surface area (Å²) in [4.78, 5) is 21.7. The summed E-state index contributed by atoms with van der Waals surface area (Å²) in [6.45, 7) is 3.27. The number of benzene rings is 2. The number of hydrogen-bond acceptors (Lipinski definition) is 5. The SMILES string of the molecule is CCc1ccc(N(C(C)C(=O)Cl)S(=O)(=O)c2ccccc2[N+](=O)[O-])cc1. The molecule has 0 aliphatic heterocycles. The highest BCUT2D eigenvalue weighted by atomic mass is 35.5. The Morgan fingerprint density at radius 2 is 1.77 bits per heavy atom. The van der Waals surface area contributed by atoms with Crippen molar-refractivity contribution in [1.29, 1.82) is 0 Å². The summed E-state index contributed by atoms with van der Waals surface area (Å²) < 4.78 is 27.1. The lowest BCUT2D eigenvalue weighted by Gasteiger charge is -2.28. The van der Waals surface area contributed by atoms with Gasteiger partial charge < -0.3 is 0 Å². The van der Waals surface area contributed by atoms with Crippen molar-refractivity contribution < 1.29 is 18.1 Å². The Bertz CT molecular complexity index is 928. The van der Waals surface area contributed by atoms with Gasteiger partial charge in [0.2, 0.25) is 5.24 Å². The summed E-state index contributed by atoms with van der Waals surface area (Å²) in [7, 11) is -4.41. The van der Waals surface area contributed by atoms with E-state index in [-0.39, 0.29) is 5.69 Å². The first kappa shape index (κ1) is 19.9. The highest BCUT2D eigenvalue weighted by Gasteiger charge is 2.36. The number of aryl methyl sites for hydroxylation is 1. The van der Waals surface area contributed by atoms with Gasteiger partial charge in [-0.05, 0) is 48.7 Å². The fourth-order valence-corrected chi connectivity index (χ4v) is 4.41. The van der Waals surface area contributed by atoms with Crippen LogP contribution in [-0.2, 0) is 21.2 Å². The number of hydrogen-bond donors (Lipinski definition) is 0. The number of para-hydroxylation sites is 1. The summed E-state index contributed by atoms with van der Waals surface area (Å²) in [6.07, 6.45) is 0.751. The molecule has 0 heterocycles. The number of carbonyl (C=O) groups excluding carboxylic acids is 1. The second-order valence-corrected chi connectivity index (χ2v) is 7.68. The Morgan fingerprint density at radius 1 is 1.19 bits per heavy atom. The first-order valence-electron chi connectivity index (χ1n) is 7.76. The first-order chi connectivity index (χ1) is 12.2. The van der Waals surface area contributed by atoms with Crippen molar-refractivity contribution in [3.05, 3.63) is 64.2 Å². The molecule has 0 saturated carbocycles. The highest BCUT2D eigenvalue weighted by molar-refractivity contribution is 7.93. The third-order valence-corrected chi connectivity index (χ3v) is 6.14. The maximum Gasteiger partial charge on any atom is 0.289 e. The van der Waals surface area contributed by atoms with Crippen LogP contribution in [0.5, 0.6) is 0 Å². The van der Waals surface area contributed by atoms with Crippen molar-refractivity contribution in [1.82, 2.24) is 0 Å². The van der Waals surface area contributed by atoms with Gasteiger partial charge in [0.15, 0.2) is 4.90 Å². The monoisotopic (exact) mass is 396 g/mol. The molecule has 9 heteroatoms. The van der Waals surface area contributed by atoms with E-state index in [1.807, 2.05) is 6.92 Å². The van der Waals surface area contributed by atoms with Crippen molar-refractivity contribution in [2.24, 2.45) is 0 Å². The van der Waals surface area contributed by atoms with Gasteiger partial charge in [-0.1, -0.05) is 31.2 Å². The van der Waals surface area contributed by atoms with E-state index in [9.17, 15) is 23.3 Å². The molecule has 0 bridgehead atoms. The van der Waals surface area contributed by atoms with Crippen LogP contribution in [0.2, 0.25) is 0 Å². The molecule has 0 amide bonds. The maximum absolute atomic E-state index is 13.2. The summed E-state index contributed by atoms with van der Waals surface area (Å²) in [5.74, 6) is 0. The lowest BCUT2D eigenvalue weighted by Crippen LogP contribution is -2.42. The molecule has 2 aromatic rings. The van der Waals surface area contributed by atoms with E-state index in [2.05, 4.69) is 0 Å². The van der Waals surface area contributed by atoms with E-state index in [0.717, 1.165) is 28.4 Å². The number of nitro groups is 1. The summed E-state index contributed by atoms with van der Waals surface area (Å²) in [5.41, 5.74) is 0.598. The Labute approximate surface area is 156 Å². The predicted molar refractivity (Wildman–Crippen MR) is 98.9 cm³/mol. The normalized spacial score (nSPS) is 12.4. The molecular weight excluding hydrogens is 380 g/mol. The van der Waals surface area contributed by atoms with Crippen LogP contribution < -0.4 is 4.31 Å². The number of nitrogens with zero attached hydrogens (tertiary/aromatic N) is 2. The van der Waals surface area contributed by atoms with E-state index in [1.165, 1.54) is 19.1 Å². The number of halogens is 1. The van der Waals surface area contributed by atoms with Gasteiger partial charge in [-0.3, -0.25) is 19.2 Å². The second-order valence-electron chi connectivity index (χ2n) is 5.53. The quantitative estimate of drug-likeness (QED) is 0.405. The average molecular weight is 397 g/mol. The average Bonchev–Trinajstić information content (AvgIpc) is 2.62. The van der Waals surface area contributed by atoms with Crippen LogP contribution in [0, 0.1) is 10.1 Å². The van der Waals surface area contributed by atoms with Gasteiger partial charge >= 0.3 is 0 Å². The number of nitro benzene ring substituents is 1. The number of carbonyl (C=O) groups is 1. The Balaban J connectivity index is 2.68. The van der Waals surface area contributed by atoms with Gasteiger partial charge in [0.1, 0.15) is 6.04 Å². The Hall–Kier alpha value is -2.45. The Kier molecular flexibility index (Phi) is 5.99. The number of anilines is 1. The minimum atomic E-state index is -4.41. The lowest BCUT2D eigenvalue weighted by atomic mass is 10.1. The zero-order valence-corrected chi connectivity index (χ0v) is 15.7. The third-order valence-electron chi connectivity index (χ3n) is 3.88. The van der Waals surface area contributed by atoms with Gasteiger partial charge in [-0.2, -0.15) is 0 Å².